The molecule has 1 heterocycles. The Kier molecular flexibility index (Phi) is 6.04. The van der Waals surface area contributed by atoms with Crippen molar-refractivity contribution in [1.29, 1.82) is 0 Å². The minimum absolute atomic E-state index is 0.116. The molecule has 5 heteroatoms. The van der Waals surface area contributed by atoms with Crippen LogP contribution in [-0.4, -0.2) is 43.7 Å². The van der Waals surface area contributed by atoms with Gasteiger partial charge in [-0.05, 0) is 29.8 Å². The maximum Gasteiger partial charge on any atom is 0.224 e. The fourth-order valence-corrected chi connectivity index (χ4v) is 2.77. The van der Waals surface area contributed by atoms with Gasteiger partial charge in [-0.3, -0.25) is 4.79 Å². The first-order valence-corrected chi connectivity index (χ1v) is 8.57. The van der Waals surface area contributed by atoms with Gasteiger partial charge in [0.2, 0.25) is 5.91 Å². The molecule has 3 rings (SSSR count). The maximum absolute atomic E-state index is 12.3. The standard InChI is InChI=1S/C20H24N2O3/c1-22(20(23)13-17-15-24-12-11-21-17)14-16-7-9-19(10-8-16)25-18-5-3-2-4-6-18/h2-10,17,21H,11-15H2,1H3/t17-/m1/s1. The maximum atomic E-state index is 12.3. The van der Waals surface area contributed by atoms with Crippen LogP contribution in [0.5, 0.6) is 11.5 Å². The van der Waals surface area contributed by atoms with Gasteiger partial charge >= 0.3 is 0 Å². The lowest BCUT2D eigenvalue weighted by molar-refractivity contribution is -0.131. The van der Waals surface area contributed by atoms with Gasteiger partial charge in [0.05, 0.1) is 13.2 Å². The van der Waals surface area contributed by atoms with Crippen LogP contribution in [0.25, 0.3) is 0 Å². The number of nitrogens with one attached hydrogen (secondary N) is 1. The van der Waals surface area contributed by atoms with Gasteiger partial charge in [-0.2, -0.15) is 0 Å². The van der Waals surface area contributed by atoms with Crippen molar-refractivity contribution >= 4 is 5.91 Å². The summed E-state index contributed by atoms with van der Waals surface area (Å²) in [6.07, 6.45) is 0.464. The molecule has 0 saturated carbocycles. The van der Waals surface area contributed by atoms with Crippen molar-refractivity contribution in [3.05, 3.63) is 60.2 Å². The van der Waals surface area contributed by atoms with E-state index in [-0.39, 0.29) is 11.9 Å². The van der Waals surface area contributed by atoms with Crippen LogP contribution in [0.3, 0.4) is 0 Å². The van der Waals surface area contributed by atoms with Gasteiger partial charge in [-0.25, -0.2) is 0 Å². The molecule has 1 aliphatic rings. The molecule has 1 N–H and O–H groups in total. The van der Waals surface area contributed by atoms with E-state index in [9.17, 15) is 4.79 Å². The Balaban J connectivity index is 1.50. The summed E-state index contributed by atoms with van der Waals surface area (Å²) in [7, 11) is 1.83. The number of carbonyl (C=O) groups is 1. The van der Waals surface area contributed by atoms with E-state index in [1.165, 1.54) is 0 Å². The molecule has 0 aliphatic carbocycles. The second-order valence-electron chi connectivity index (χ2n) is 6.24. The number of ether oxygens (including phenoxy) is 2. The molecular formula is C20H24N2O3. The molecule has 1 aliphatic heterocycles. The van der Waals surface area contributed by atoms with Crippen LogP contribution in [-0.2, 0) is 16.1 Å². The van der Waals surface area contributed by atoms with E-state index in [0.29, 0.717) is 19.6 Å². The Labute approximate surface area is 148 Å². The summed E-state index contributed by atoms with van der Waals surface area (Å²) < 4.78 is 11.2. The number of hydrogen-bond acceptors (Lipinski definition) is 4. The molecule has 0 bridgehead atoms. The highest BCUT2D eigenvalue weighted by molar-refractivity contribution is 5.76. The van der Waals surface area contributed by atoms with E-state index < -0.39 is 0 Å². The summed E-state index contributed by atoms with van der Waals surface area (Å²) in [6.45, 7) is 2.71. The van der Waals surface area contributed by atoms with Crippen LogP contribution in [0.15, 0.2) is 54.6 Å². The molecule has 0 unspecified atom stereocenters. The smallest absolute Gasteiger partial charge is 0.224 e. The molecule has 5 nitrogen and oxygen atoms in total. The third-order valence-electron chi connectivity index (χ3n) is 4.17. The predicted molar refractivity (Wildman–Crippen MR) is 96.7 cm³/mol. The molecule has 1 amide bonds. The Morgan fingerprint density at radius 3 is 2.56 bits per heavy atom. The number of benzene rings is 2. The second-order valence-corrected chi connectivity index (χ2v) is 6.24. The fourth-order valence-electron chi connectivity index (χ4n) is 2.77. The summed E-state index contributed by atoms with van der Waals surface area (Å²) in [5.41, 5.74) is 1.07. The molecule has 132 valence electrons. The molecule has 0 aromatic heterocycles. The largest absolute Gasteiger partial charge is 0.457 e. The number of para-hydroxylation sites is 1. The average Bonchev–Trinajstić information content (AvgIpc) is 2.65. The Morgan fingerprint density at radius 2 is 1.88 bits per heavy atom. The zero-order valence-electron chi connectivity index (χ0n) is 14.5. The number of nitrogens with zero attached hydrogens (tertiary/aromatic N) is 1. The molecule has 1 atom stereocenters. The van der Waals surface area contributed by atoms with Gasteiger partial charge in [0.1, 0.15) is 11.5 Å². The van der Waals surface area contributed by atoms with E-state index in [1.807, 2.05) is 61.6 Å². The van der Waals surface area contributed by atoms with Crippen LogP contribution in [0.1, 0.15) is 12.0 Å². The highest BCUT2D eigenvalue weighted by atomic mass is 16.5. The number of morpholine rings is 1. The van der Waals surface area contributed by atoms with Crippen molar-refractivity contribution < 1.29 is 14.3 Å². The molecule has 2 aromatic rings. The second kappa shape index (κ2) is 8.65. The summed E-state index contributed by atoms with van der Waals surface area (Å²) in [6, 6.07) is 17.6. The minimum atomic E-state index is 0.116. The normalized spacial score (nSPS) is 17.1. The molecule has 2 aromatic carbocycles. The third kappa shape index (κ3) is 5.31. The zero-order valence-corrected chi connectivity index (χ0v) is 14.5. The lowest BCUT2D eigenvalue weighted by Crippen LogP contribution is -2.44. The molecular weight excluding hydrogens is 316 g/mol. The quantitative estimate of drug-likeness (QED) is 0.878. The number of carbonyl (C=O) groups excluding carboxylic acids is 1. The fraction of sp³-hybridized carbons (Fsp3) is 0.350. The molecule has 0 radical (unpaired) electrons. The summed E-state index contributed by atoms with van der Waals surface area (Å²) in [5, 5.41) is 3.31. The zero-order chi connectivity index (χ0) is 17.5. The Bertz CT molecular complexity index is 667. The average molecular weight is 340 g/mol. The molecule has 1 fully saturated rings. The van der Waals surface area contributed by atoms with Crippen molar-refractivity contribution in [3.63, 3.8) is 0 Å². The van der Waals surface area contributed by atoms with E-state index in [4.69, 9.17) is 9.47 Å². The number of amides is 1. The van der Waals surface area contributed by atoms with Crippen molar-refractivity contribution in [3.8, 4) is 11.5 Å². The first kappa shape index (κ1) is 17.5. The van der Waals surface area contributed by atoms with Gasteiger partial charge in [-0.1, -0.05) is 30.3 Å². The molecule has 0 spiro atoms. The van der Waals surface area contributed by atoms with E-state index >= 15 is 0 Å². The Hall–Kier alpha value is -2.37. The third-order valence-corrected chi connectivity index (χ3v) is 4.17. The topological polar surface area (TPSA) is 50.8 Å². The van der Waals surface area contributed by atoms with Crippen molar-refractivity contribution in [2.45, 2.75) is 19.0 Å². The predicted octanol–water partition coefficient (Wildman–Crippen LogP) is 2.82. The van der Waals surface area contributed by atoms with Crippen LogP contribution in [0.2, 0.25) is 0 Å². The van der Waals surface area contributed by atoms with Crippen molar-refractivity contribution in [2.75, 3.05) is 26.8 Å². The van der Waals surface area contributed by atoms with E-state index in [2.05, 4.69) is 5.32 Å². The highest BCUT2D eigenvalue weighted by Crippen LogP contribution is 2.21. The molecule has 1 saturated heterocycles. The van der Waals surface area contributed by atoms with Crippen LogP contribution >= 0.6 is 0 Å². The highest BCUT2D eigenvalue weighted by Gasteiger charge is 2.19. The number of hydrogen-bond donors (Lipinski definition) is 1. The van der Waals surface area contributed by atoms with Crippen LogP contribution < -0.4 is 10.1 Å². The lowest BCUT2D eigenvalue weighted by Gasteiger charge is -2.25. The Morgan fingerprint density at radius 1 is 1.16 bits per heavy atom. The van der Waals surface area contributed by atoms with Crippen molar-refractivity contribution in [2.24, 2.45) is 0 Å². The SMILES string of the molecule is CN(Cc1ccc(Oc2ccccc2)cc1)C(=O)C[C@@H]1COCCN1. The summed E-state index contributed by atoms with van der Waals surface area (Å²) in [4.78, 5) is 14.1. The van der Waals surface area contributed by atoms with Gasteiger partial charge in [0.15, 0.2) is 0 Å². The van der Waals surface area contributed by atoms with Gasteiger partial charge in [0.25, 0.3) is 0 Å². The first-order chi connectivity index (χ1) is 12.2. The van der Waals surface area contributed by atoms with E-state index in [0.717, 1.165) is 30.2 Å². The summed E-state index contributed by atoms with van der Waals surface area (Å²) >= 11 is 0. The number of rotatable bonds is 6. The summed E-state index contributed by atoms with van der Waals surface area (Å²) in [5.74, 6) is 1.71. The van der Waals surface area contributed by atoms with E-state index in [1.54, 1.807) is 4.90 Å². The lowest BCUT2D eigenvalue weighted by atomic mass is 10.1. The van der Waals surface area contributed by atoms with Gasteiger partial charge in [-0.15, -0.1) is 0 Å². The molecule has 25 heavy (non-hydrogen) atoms. The minimum Gasteiger partial charge on any atom is -0.457 e. The first-order valence-electron chi connectivity index (χ1n) is 8.57. The van der Waals surface area contributed by atoms with Crippen LogP contribution in [0, 0.1) is 0 Å². The monoisotopic (exact) mass is 340 g/mol. The van der Waals surface area contributed by atoms with Crippen LogP contribution in [0.4, 0.5) is 0 Å². The van der Waals surface area contributed by atoms with Crippen molar-refractivity contribution in [1.82, 2.24) is 10.2 Å². The van der Waals surface area contributed by atoms with Gasteiger partial charge in [0, 0.05) is 32.6 Å². The van der Waals surface area contributed by atoms with Gasteiger partial charge < -0.3 is 19.7 Å².